The van der Waals surface area contributed by atoms with Gasteiger partial charge in [-0.3, -0.25) is 4.57 Å². The van der Waals surface area contributed by atoms with Gasteiger partial charge in [-0.25, -0.2) is 9.78 Å². The van der Waals surface area contributed by atoms with Crippen molar-refractivity contribution in [3.8, 4) is 17.0 Å². The highest BCUT2D eigenvalue weighted by Gasteiger charge is 2.23. The first-order valence-corrected chi connectivity index (χ1v) is 7.46. The molecule has 1 aliphatic heterocycles. The number of benzene rings is 1. The molecule has 1 aromatic heterocycles. The third-order valence-corrected chi connectivity index (χ3v) is 4.12. The second-order valence-corrected chi connectivity index (χ2v) is 5.59. The first-order chi connectivity index (χ1) is 10.6. The van der Waals surface area contributed by atoms with Gasteiger partial charge in [0.05, 0.1) is 5.69 Å². The number of phenols is 1. The molecule has 2 aromatic rings. The van der Waals surface area contributed by atoms with E-state index in [1.807, 2.05) is 7.05 Å². The second kappa shape index (κ2) is 7.61. The van der Waals surface area contributed by atoms with Gasteiger partial charge in [0.15, 0.2) is 0 Å². The second-order valence-electron chi connectivity index (χ2n) is 5.59. The van der Waals surface area contributed by atoms with Gasteiger partial charge in [-0.05, 0) is 50.2 Å². The Kier molecular flexibility index (Phi) is 5.79. The molecule has 1 aliphatic rings. The number of rotatable bonds is 2. The average molecular weight is 381 g/mol. The number of amides is 1. The summed E-state index contributed by atoms with van der Waals surface area (Å²) < 4.78 is 1.52. The van der Waals surface area contributed by atoms with E-state index < -0.39 is 0 Å². The van der Waals surface area contributed by atoms with Crippen LogP contribution >= 0.6 is 17.0 Å². The third kappa shape index (κ3) is 3.92. The van der Waals surface area contributed by atoms with Crippen LogP contribution in [0.2, 0.25) is 0 Å². The fraction of sp³-hybridized carbons (Fsp3) is 0.375. The number of hydrogen-bond acceptors (Lipinski definition) is 4. The maximum atomic E-state index is 12.5. The topological polar surface area (TPSA) is 70.4 Å². The van der Waals surface area contributed by atoms with E-state index in [2.05, 4.69) is 10.3 Å². The molecule has 1 amide bonds. The van der Waals surface area contributed by atoms with Gasteiger partial charge >= 0.3 is 6.03 Å². The number of aromatic hydroxyl groups is 1. The molecule has 2 N–H and O–H groups in total. The first-order valence-electron chi connectivity index (χ1n) is 7.46. The number of nitrogens with one attached hydrogen (secondary N) is 1. The molecule has 7 heteroatoms. The van der Waals surface area contributed by atoms with E-state index in [9.17, 15) is 9.90 Å². The van der Waals surface area contributed by atoms with Crippen molar-refractivity contribution < 1.29 is 9.90 Å². The summed E-state index contributed by atoms with van der Waals surface area (Å²) in [4.78, 5) is 18.6. The Hall–Kier alpha value is -1.86. The van der Waals surface area contributed by atoms with Crippen LogP contribution in [0.5, 0.6) is 5.75 Å². The normalized spacial score (nSPS) is 15.0. The fourth-order valence-corrected chi connectivity index (χ4v) is 2.74. The largest absolute Gasteiger partial charge is 0.508 e. The maximum absolute atomic E-state index is 12.5. The predicted octanol–water partition coefficient (Wildman–Crippen LogP) is 2.49. The maximum Gasteiger partial charge on any atom is 0.329 e. The Balaban J connectivity index is 0.00000192. The summed E-state index contributed by atoms with van der Waals surface area (Å²) in [6.45, 7) is 1.90. The summed E-state index contributed by atoms with van der Waals surface area (Å²) >= 11 is 0. The van der Waals surface area contributed by atoms with Crippen molar-refractivity contribution in [2.45, 2.75) is 18.9 Å². The van der Waals surface area contributed by atoms with E-state index in [4.69, 9.17) is 0 Å². The van der Waals surface area contributed by atoms with Gasteiger partial charge < -0.3 is 15.3 Å². The minimum Gasteiger partial charge on any atom is -0.508 e. The molecule has 0 radical (unpaired) electrons. The van der Waals surface area contributed by atoms with Crippen LogP contribution in [0.15, 0.2) is 36.8 Å². The predicted molar refractivity (Wildman–Crippen MR) is 94.1 cm³/mol. The van der Waals surface area contributed by atoms with Crippen LogP contribution in [0, 0.1) is 0 Å². The van der Waals surface area contributed by atoms with Crippen molar-refractivity contribution in [3.05, 3.63) is 36.8 Å². The van der Waals surface area contributed by atoms with Crippen molar-refractivity contribution in [2.24, 2.45) is 0 Å². The molecule has 0 atom stereocenters. The molecule has 6 nitrogen and oxygen atoms in total. The van der Waals surface area contributed by atoms with Gasteiger partial charge in [0.2, 0.25) is 0 Å². The molecular weight excluding hydrogens is 360 g/mol. The van der Waals surface area contributed by atoms with Gasteiger partial charge in [-0.1, -0.05) is 0 Å². The molecular formula is C16H21BrN4O2. The van der Waals surface area contributed by atoms with Gasteiger partial charge in [0.1, 0.15) is 12.1 Å². The number of aromatic nitrogens is 2. The zero-order valence-corrected chi connectivity index (χ0v) is 14.7. The lowest BCUT2D eigenvalue weighted by Crippen LogP contribution is -2.45. The van der Waals surface area contributed by atoms with Gasteiger partial charge in [0.25, 0.3) is 0 Å². The van der Waals surface area contributed by atoms with E-state index in [1.54, 1.807) is 41.7 Å². The lowest BCUT2D eigenvalue weighted by Gasteiger charge is -2.31. The van der Waals surface area contributed by atoms with Crippen LogP contribution in [0.4, 0.5) is 4.79 Å². The quantitative estimate of drug-likeness (QED) is 0.839. The minimum absolute atomic E-state index is 0. The van der Waals surface area contributed by atoms with Gasteiger partial charge in [-0.2, -0.15) is 0 Å². The molecule has 124 valence electrons. The molecule has 0 spiro atoms. The lowest BCUT2D eigenvalue weighted by atomic mass is 10.1. The molecule has 1 aromatic carbocycles. The number of piperidine rings is 1. The molecule has 1 saturated heterocycles. The van der Waals surface area contributed by atoms with Crippen molar-refractivity contribution in [3.63, 3.8) is 0 Å². The summed E-state index contributed by atoms with van der Waals surface area (Å²) in [5.74, 6) is 0.213. The van der Waals surface area contributed by atoms with Crippen molar-refractivity contribution >= 4 is 23.0 Å². The monoisotopic (exact) mass is 380 g/mol. The number of carbonyl (C=O) groups excluding carboxylic acids is 1. The van der Waals surface area contributed by atoms with Crippen LogP contribution in [0.1, 0.15) is 12.8 Å². The number of hydrogen-bond donors (Lipinski definition) is 2. The molecule has 0 saturated carbocycles. The van der Waals surface area contributed by atoms with E-state index in [0.29, 0.717) is 5.69 Å². The SMILES string of the molecule is Br.CN(C(=O)n1cnc(-c2ccc(O)cc2)c1)C1CCNCC1. The molecule has 2 heterocycles. The van der Waals surface area contributed by atoms with Crippen molar-refractivity contribution in [1.82, 2.24) is 19.8 Å². The van der Waals surface area contributed by atoms with E-state index in [-0.39, 0.29) is 34.8 Å². The van der Waals surface area contributed by atoms with Crippen LogP contribution in [0.25, 0.3) is 11.3 Å². The van der Waals surface area contributed by atoms with Gasteiger partial charge in [0, 0.05) is 24.8 Å². The number of imidazole rings is 1. The summed E-state index contributed by atoms with van der Waals surface area (Å²) in [5.41, 5.74) is 1.58. The van der Waals surface area contributed by atoms with Gasteiger partial charge in [-0.15, -0.1) is 17.0 Å². The zero-order chi connectivity index (χ0) is 15.5. The van der Waals surface area contributed by atoms with Crippen LogP contribution in [0.3, 0.4) is 0 Å². The molecule has 0 unspecified atom stereocenters. The lowest BCUT2D eigenvalue weighted by molar-refractivity contribution is 0.178. The number of nitrogens with zero attached hydrogens (tertiary/aromatic N) is 3. The Morgan fingerprint density at radius 2 is 1.96 bits per heavy atom. The smallest absolute Gasteiger partial charge is 0.329 e. The van der Waals surface area contributed by atoms with Crippen LogP contribution in [-0.4, -0.2) is 51.8 Å². The number of halogens is 1. The van der Waals surface area contributed by atoms with Crippen molar-refractivity contribution in [2.75, 3.05) is 20.1 Å². The average Bonchev–Trinajstić information content (AvgIpc) is 3.05. The molecule has 1 fully saturated rings. The summed E-state index contributed by atoms with van der Waals surface area (Å²) in [6, 6.07) is 6.98. The number of phenolic OH excluding ortho intramolecular Hbond substituents is 1. The summed E-state index contributed by atoms with van der Waals surface area (Å²) in [5, 5.41) is 12.6. The summed E-state index contributed by atoms with van der Waals surface area (Å²) in [6.07, 6.45) is 5.22. The summed E-state index contributed by atoms with van der Waals surface area (Å²) in [7, 11) is 1.85. The zero-order valence-electron chi connectivity index (χ0n) is 13.0. The van der Waals surface area contributed by atoms with Crippen LogP contribution < -0.4 is 5.32 Å². The van der Waals surface area contributed by atoms with E-state index in [0.717, 1.165) is 31.5 Å². The molecule has 23 heavy (non-hydrogen) atoms. The number of carbonyl (C=O) groups is 1. The first kappa shape index (κ1) is 17.5. The van der Waals surface area contributed by atoms with Crippen molar-refractivity contribution in [1.29, 1.82) is 0 Å². The minimum atomic E-state index is -0.0653. The highest BCUT2D eigenvalue weighted by atomic mass is 79.9. The Morgan fingerprint density at radius 1 is 1.30 bits per heavy atom. The Morgan fingerprint density at radius 3 is 2.61 bits per heavy atom. The van der Waals surface area contributed by atoms with E-state index >= 15 is 0 Å². The fourth-order valence-electron chi connectivity index (χ4n) is 2.74. The molecule has 3 rings (SSSR count). The highest BCUT2D eigenvalue weighted by Crippen LogP contribution is 2.20. The van der Waals surface area contributed by atoms with Crippen LogP contribution in [-0.2, 0) is 0 Å². The standard InChI is InChI=1S/C16H20N4O2.BrH/c1-19(13-6-8-17-9-7-13)16(22)20-10-15(18-11-20)12-2-4-14(21)5-3-12;/h2-5,10-11,13,17,21H,6-9H2,1H3;1H. The highest BCUT2D eigenvalue weighted by molar-refractivity contribution is 8.93. The molecule has 0 bridgehead atoms. The Labute approximate surface area is 145 Å². The molecule has 0 aliphatic carbocycles. The Bertz CT molecular complexity index is 650. The third-order valence-electron chi connectivity index (χ3n) is 4.12. The van der Waals surface area contributed by atoms with E-state index in [1.165, 1.54) is 4.57 Å².